The van der Waals surface area contributed by atoms with E-state index in [1.165, 1.54) is 0 Å². The standard InChI is InChI=1S/C18H22N2O4/c21-15(12-18(17(23)24)8-5-9-18)19-14-7-2-1-6-13(14)16(22)20-10-3-4-11-20/h1-2,6-7H,3-5,8-12H2,(H,19,21)(H,23,24). The number of nitrogens with zero attached hydrogens (tertiary/aromatic N) is 1. The second-order valence-electron chi connectivity index (χ2n) is 6.71. The first kappa shape index (κ1) is 16.5. The van der Waals surface area contributed by atoms with E-state index in [1.54, 1.807) is 29.2 Å². The molecule has 1 saturated carbocycles. The highest BCUT2D eigenvalue weighted by Crippen LogP contribution is 2.44. The molecule has 2 aliphatic rings. The zero-order valence-electron chi connectivity index (χ0n) is 13.6. The summed E-state index contributed by atoms with van der Waals surface area (Å²) in [5.41, 5.74) is -0.0113. The zero-order chi connectivity index (χ0) is 17.2. The minimum atomic E-state index is -0.933. The summed E-state index contributed by atoms with van der Waals surface area (Å²) in [6, 6.07) is 6.91. The molecular formula is C18H22N2O4. The van der Waals surface area contributed by atoms with E-state index >= 15 is 0 Å². The van der Waals surface area contributed by atoms with E-state index in [4.69, 9.17) is 0 Å². The Morgan fingerprint density at radius 3 is 2.33 bits per heavy atom. The molecule has 0 radical (unpaired) electrons. The molecule has 24 heavy (non-hydrogen) atoms. The number of hydrogen-bond acceptors (Lipinski definition) is 3. The molecule has 2 N–H and O–H groups in total. The van der Waals surface area contributed by atoms with Crippen molar-refractivity contribution in [3.63, 3.8) is 0 Å². The lowest BCUT2D eigenvalue weighted by molar-refractivity contribution is -0.157. The van der Waals surface area contributed by atoms with Crippen molar-refractivity contribution in [3.8, 4) is 0 Å². The van der Waals surface area contributed by atoms with Crippen molar-refractivity contribution < 1.29 is 19.5 Å². The van der Waals surface area contributed by atoms with Crippen molar-refractivity contribution in [1.29, 1.82) is 0 Å². The number of carboxylic acids is 1. The molecule has 1 aliphatic heterocycles. The van der Waals surface area contributed by atoms with Crippen molar-refractivity contribution in [3.05, 3.63) is 29.8 Å². The summed E-state index contributed by atoms with van der Waals surface area (Å²) in [5, 5.41) is 12.1. The average molecular weight is 330 g/mol. The third kappa shape index (κ3) is 3.13. The number of hydrogen-bond donors (Lipinski definition) is 2. The fourth-order valence-corrected chi connectivity index (χ4v) is 3.44. The number of carbonyl (C=O) groups is 3. The topological polar surface area (TPSA) is 86.7 Å². The molecular weight excluding hydrogens is 308 g/mol. The molecule has 1 aromatic rings. The van der Waals surface area contributed by atoms with Gasteiger partial charge in [-0.15, -0.1) is 0 Å². The summed E-state index contributed by atoms with van der Waals surface area (Å²) in [4.78, 5) is 38.1. The van der Waals surface area contributed by atoms with Crippen molar-refractivity contribution in [2.24, 2.45) is 5.41 Å². The third-order valence-corrected chi connectivity index (χ3v) is 5.09. The van der Waals surface area contributed by atoms with Gasteiger partial charge in [0.25, 0.3) is 5.91 Å². The Labute approximate surface area is 140 Å². The fraction of sp³-hybridized carbons (Fsp3) is 0.500. The Morgan fingerprint density at radius 2 is 1.75 bits per heavy atom. The summed E-state index contributed by atoms with van der Waals surface area (Å²) < 4.78 is 0. The van der Waals surface area contributed by atoms with E-state index < -0.39 is 11.4 Å². The van der Waals surface area contributed by atoms with Gasteiger partial charge in [0.2, 0.25) is 5.91 Å². The second-order valence-corrected chi connectivity index (χ2v) is 6.71. The van der Waals surface area contributed by atoms with Gasteiger partial charge in [-0.3, -0.25) is 14.4 Å². The molecule has 0 aromatic heterocycles. The Hall–Kier alpha value is -2.37. The number of likely N-dealkylation sites (tertiary alicyclic amines) is 1. The lowest BCUT2D eigenvalue weighted by atomic mass is 9.66. The van der Waals surface area contributed by atoms with Gasteiger partial charge in [0, 0.05) is 19.5 Å². The van der Waals surface area contributed by atoms with Crippen LogP contribution >= 0.6 is 0 Å². The summed E-state index contributed by atoms with van der Waals surface area (Å²) in [6.45, 7) is 1.48. The number of para-hydroxylation sites is 1. The number of anilines is 1. The van der Waals surface area contributed by atoms with Gasteiger partial charge in [0.05, 0.1) is 16.7 Å². The van der Waals surface area contributed by atoms with Crippen LogP contribution in [0.3, 0.4) is 0 Å². The Kier molecular flexibility index (Phi) is 4.55. The Balaban J connectivity index is 1.72. The minimum Gasteiger partial charge on any atom is -0.481 e. The molecule has 0 atom stereocenters. The lowest BCUT2D eigenvalue weighted by Gasteiger charge is -2.37. The predicted molar refractivity (Wildman–Crippen MR) is 88.7 cm³/mol. The smallest absolute Gasteiger partial charge is 0.310 e. The van der Waals surface area contributed by atoms with Crippen LogP contribution in [0.4, 0.5) is 5.69 Å². The second kappa shape index (κ2) is 6.63. The molecule has 0 spiro atoms. The maximum absolute atomic E-state index is 12.6. The van der Waals surface area contributed by atoms with E-state index in [0.29, 0.717) is 24.1 Å². The highest BCUT2D eigenvalue weighted by Gasteiger charge is 2.46. The lowest BCUT2D eigenvalue weighted by Crippen LogP contribution is -2.41. The first-order valence-electron chi connectivity index (χ1n) is 8.43. The van der Waals surface area contributed by atoms with Crippen molar-refractivity contribution in [1.82, 2.24) is 4.90 Å². The summed E-state index contributed by atoms with van der Waals surface area (Å²) >= 11 is 0. The van der Waals surface area contributed by atoms with E-state index in [-0.39, 0.29) is 18.2 Å². The number of carbonyl (C=O) groups excluding carboxylic acids is 2. The number of nitrogens with one attached hydrogen (secondary N) is 1. The predicted octanol–water partition coefficient (Wildman–Crippen LogP) is 2.51. The van der Waals surface area contributed by atoms with Gasteiger partial charge in [-0.05, 0) is 37.8 Å². The van der Waals surface area contributed by atoms with Crippen LogP contribution in [0.1, 0.15) is 48.9 Å². The molecule has 0 unspecified atom stereocenters. The molecule has 3 rings (SSSR count). The van der Waals surface area contributed by atoms with Crippen LogP contribution in [0.15, 0.2) is 24.3 Å². The van der Waals surface area contributed by atoms with E-state index in [0.717, 1.165) is 32.4 Å². The van der Waals surface area contributed by atoms with E-state index in [2.05, 4.69) is 5.32 Å². The SMILES string of the molecule is O=C(CC1(C(=O)O)CCC1)Nc1ccccc1C(=O)N1CCCC1. The highest BCUT2D eigenvalue weighted by atomic mass is 16.4. The van der Waals surface area contributed by atoms with Crippen LogP contribution in [0, 0.1) is 5.41 Å². The van der Waals surface area contributed by atoms with Gasteiger partial charge in [0.1, 0.15) is 0 Å². The molecule has 6 heteroatoms. The van der Waals surface area contributed by atoms with Gasteiger partial charge in [-0.25, -0.2) is 0 Å². The van der Waals surface area contributed by atoms with Crippen LogP contribution in [-0.2, 0) is 9.59 Å². The zero-order valence-corrected chi connectivity index (χ0v) is 13.6. The summed E-state index contributed by atoms with van der Waals surface area (Å²) in [7, 11) is 0. The van der Waals surface area contributed by atoms with Crippen LogP contribution < -0.4 is 5.32 Å². The van der Waals surface area contributed by atoms with Gasteiger partial charge >= 0.3 is 5.97 Å². The number of aliphatic carboxylic acids is 1. The number of carboxylic acid groups (broad SMARTS) is 1. The molecule has 0 bridgehead atoms. The monoisotopic (exact) mass is 330 g/mol. The first-order valence-corrected chi connectivity index (χ1v) is 8.43. The van der Waals surface area contributed by atoms with Crippen LogP contribution in [-0.4, -0.2) is 40.9 Å². The van der Waals surface area contributed by atoms with E-state index in [9.17, 15) is 19.5 Å². The minimum absolute atomic E-state index is 0.0471. The largest absolute Gasteiger partial charge is 0.481 e. The van der Waals surface area contributed by atoms with Gasteiger partial charge in [-0.1, -0.05) is 18.6 Å². The van der Waals surface area contributed by atoms with Crippen LogP contribution in [0.25, 0.3) is 0 Å². The first-order chi connectivity index (χ1) is 11.5. The van der Waals surface area contributed by atoms with Crippen molar-refractivity contribution in [2.45, 2.75) is 38.5 Å². The molecule has 2 fully saturated rings. The normalized spacial score (nSPS) is 18.8. The number of rotatable bonds is 5. The molecule has 1 saturated heterocycles. The van der Waals surface area contributed by atoms with Crippen LogP contribution in [0.2, 0.25) is 0 Å². The molecule has 1 aliphatic carbocycles. The summed E-state index contributed by atoms with van der Waals surface area (Å²) in [5.74, 6) is -1.34. The fourth-order valence-electron chi connectivity index (χ4n) is 3.44. The molecule has 2 amide bonds. The number of benzene rings is 1. The summed E-state index contributed by atoms with van der Waals surface area (Å²) in [6.07, 6.45) is 3.86. The molecule has 1 aromatic carbocycles. The Bertz CT molecular complexity index is 661. The number of amides is 2. The van der Waals surface area contributed by atoms with Crippen molar-refractivity contribution >= 4 is 23.5 Å². The quantitative estimate of drug-likeness (QED) is 0.868. The van der Waals surface area contributed by atoms with Crippen molar-refractivity contribution in [2.75, 3.05) is 18.4 Å². The molecule has 1 heterocycles. The van der Waals surface area contributed by atoms with Crippen LogP contribution in [0.5, 0.6) is 0 Å². The average Bonchev–Trinajstić information content (AvgIpc) is 3.05. The highest BCUT2D eigenvalue weighted by molar-refractivity contribution is 6.04. The van der Waals surface area contributed by atoms with Gasteiger partial charge < -0.3 is 15.3 Å². The van der Waals surface area contributed by atoms with Gasteiger partial charge in [0.15, 0.2) is 0 Å². The third-order valence-electron chi connectivity index (χ3n) is 5.09. The maximum Gasteiger partial charge on any atom is 0.310 e. The maximum atomic E-state index is 12.6. The molecule has 6 nitrogen and oxygen atoms in total. The molecule has 128 valence electrons. The van der Waals surface area contributed by atoms with E-state index in [1.807, 2.05) is 0 Å². The van der Waals surface area contributed by atoms with Gasteiger partial charge in [-0.2, -0.15) is 0 Å². The Morgan fingerprint density at radius 1 is 1.08 bits per heavy atom.